The van der Waals surface area contributed by atoms with E-state index >= 15 is 0 Å². The Hall–Kier alpha value is -3.45. The maximum absolute atomic E-state index is 6.34. The summed E-state index contributed by atoms with van der Waals surface area (Å²) >= 11 is 0. The fourth-order valence-corrected chi connectivity index (χ4v) is 3.13. The monoisotopic (exact) mass is 349 g/mol. The van der Waals surface area contributed by atoms with E-state index in [2.05, 4.69) is 73.7 Å². The zero-order chi connectivity index (χ0) is 18.5. The molecule has 0 aliphatic rings. The first kappa shape index (κ1) is 17.0. The highest BCUT2D eigenvalue weighted by Gasteiger charge is 2.23. The van der Waals surface area contributed by atoms with Crippen LogP contribution in [-0.4, -0.2) is 0 Å². The molecule has 0 atom stereocenters. The molecule has 0 aliphatic heterocycles. The lowest BCUT2D eigenvalue weighted by molar-refractivity contribution is 0.577. The van der Waals surface area contributed by atoms with Crippen LogP contribution >= 0.6 is 0 Å². The van der Waals surface area contributed by atoms with E-state index in [1.165, 1.54) is 5.56 Å². The number of hydrogen-bond acceptors (Lipinski definition) is 0. The minimum Gasteiger partial charge on any atom is -0.207 e. The molecule has 0 unspecified atom stereocenters. The van der Waals surface area contributed by atoms with Crippen molar-refractivity contribution in [1.82, 2.24) is 0 Å². The maximum atomic E-state index is 6.34. The van der Waals surface area contributed by atoms with Crippen LogP contribution < -0.4 is 0 Å². The molecule has 0 amide bonds. The predicted molar refractivity (Wildman–Crippen MR) is 114 cm³/mol. The normalized spacial score (nSPS) is 11.0. The molecule has 4 aromatic rings. The summed E-state index contributed by atoms with van der Waals surface area (Å²) in [7, 11) is 0. The van der Waals surface area contributed by atoms with Crippen molar-refractivity contribution in [1.29, 1.82) is 0 Å². The van der Waals surface area contributed by atoms with E-state index in [0.29, 0.717) is 0 Å². The van der Waals surface area contributed by atoms with Crippen LogP contribution in [0.2, 0.25) is 0 Å². The summed E-state index contributed by atoms with van der Waals surface area (Å²) in [5.41, 5.74) is 5.63. The summed E-state index contributed by atoms with van der Waals surface area (Å²) in [4.78, 5) is 0. The van der Waals surface area contributed by atoms with Gasteiger partial charge in [0.2, 0.25) is 0 Å². The molecule has 1 heterocycles. The molecule has 1 nitrogen and oxygen atoms in total. The molecule has 27 heavy (non-hydrogen) atoms. The van der Waals surface area contributed by atoms with Crippen molar-refractivity contribution in [2.45, 2.75) is 6.92 Å². The second-order valence-corrected chi connectivity index (χ2v) is 6.50. The van der Waals surface area contributed by atoms with Gasteiger partial charge in [-0.1, -0.05) is 78.9 Å². The van der Waals surface area contributed by atoms with Crippen molar-refractivity contribution in [3.63, 3.8) is 0 Å². The molecular weight excluding hydrogens is 328 g/mol. The van der Waals surface area contributed by atoms with Crippen LogP contribution in [0.3, 0.4) is 0 Å². The lowest BCUT2D eigenvalue weighted by atomic mass is 10.0. The summed E-state index contributed by atoms with van der Waals surface area (Å²) in [6.45, 7) is 2.12. The van der Waals surface area contributed by atoms with Gasteiger partial charge in [-0.2, -0.15) is 0 Å². The van der Waals surface area contributed by atoms with Gasteiger partial charge in [-0.05, 0) is 42.3 Å². The Morgan fingerprint density at radius 2 is 1.19 bits per heavy atom. The summed E-state index contributed by atoms with van der Waals surface area (Å²) in [5, 5.41) is 0. The molecule has 0 saturated carbocycles. The van der Waals surface area contributed by atoms with Crippen LogP contribution in [0, 0.1) is 6.92 Å². The molecular formula is C26H21O+. The molecule has 3 aromatic carbocycles. The Labute approximate surface area is 160 Å². The Morgan fingerprint density at radius 1 is 0.630 bits per heavy atom. The van der Waals surface area contributed by atoms with Gasteiger partial charge < -0.3 is 0 Å². The van der Waals surface area contributed by atoms with Gasteiger partial charge in [0.1, 0.15) is 0 Å². The van der Waals surface area contributed by atoms with Crippen molar-refractivity contribution in [3.05, 3.63) is 114 Å². The highest BCUT2D eigenvalue weighted by atomic mass is 16.3. The summed E-state index contributed by atoms with van der Waals surface area (Å²) in [6.07, 6.45) is 4.31. The lowest BCUT2D eigenvalue weighted by Crippen LogP contribution is -1.90. The van der Waals surface area contributed by atoms with Gasteiger partial charge in [0.25, 0.3) is 0 Å². The summed E-state index contributed by atoms with van der Waals surface area (Å²) in [5.74, 6) is 1.78. The van der Waals surface area contributed by atoms with E-state index in [1.807, 2.05) is 42.5 Å². The lowest BCUT2D eigenvalue weighted by Gasteiger charge is -2.03. The molecule has 1 aromatic heterocycles. The van der Waals surface area contributed by atoms with E-state index in [0.717, 1.165) is 33.8 Å². The van der Waals surface area contributed by atoms with Crippen molar-refractivity contribution in [2.24, 2.45) is 0 Å². The minimum atomic E-state index is 0.868. The number of rotatable bonds is 4. The fraction of sp³-hybridized carbons (Fsp3) is 0.0385. The Morgan fingerprint density at radius 3 is 1.81 bits per heavy atom. The predicted octanol–water partition coefficient (Wildman–Crippen LogP) is 7.37. The van der Waals surface area contributed by atoms with E-state index in [9.17, 15) is 0 Å². The Bertz CT molecular complexity index is 1050. The first-order valence-electron chi connectivity index (χ1n) is 9.13. The minimum absolute atomic E-state index is 0.868. The SMILES string of the molecule is Cc1c(/C=C/c2ccccc2)cc(-c2ccccc2)[o+]c1-c1ccccc1. The van der Waals surface area contributed by atoms with Crippen LogP contribution in [0.25, 0.3) is 34.8 Å². The average molecular weight is 349 g/mol. The van der Waals surface area contributed by atoms with Crippen LogP contribution in [-0.2, 0) is 0 Å². The van der Waals surface area contributed by atoms with Gasteiger partial charge in [0, 0.05) is 0 Å². The third-order valence-electron chi connectivity index (χ3n) is 4.62. The molecule has 0 spiro atoms. The van der Waals surface area contributed by atoms with Crippen molar-refractivity contribution >= 4 is 12.2 Å². The standard InChI is InChI=1S/C26H21O/c1-20-24(18-17-21-11-5-2-6-12-21)19-25(22-13-7-3-8-14-22)27-26(20)23-15-9-4-10-16-23/h2-19H,1H3/q+1/b18-17+. The van der Waals surface area contributed by atoms with Gasteiger partial charge in [0.15, 0.2) is 0 Å². The fourth-order valence-electron chi connectivity index (χ4n) is 3.13. The van der Waals surface area contributed by atoms with Gasteiger partial charge >= 0.3 is 11.5 Å². The highest BCUT2D eigenvalue weighted by molar-refractivity contribution is 5.77. The topological polar surface area (TPSA) is 11.3 Å². The Balaban J connectivity index is 1.86. The molecule has 4 rings (SSSR count). The van der Waals surface area contributed by atoms with Gasteiger partial charge in [-0.25, -0.2) is 4.42 Å². The molecule has 0 radical (unpaired) electrons. The third-order valence-corrected chi connectivity index (χ3v) is 4.62. The first-order valence-corrected chi connectivity index (χ1v) is 9.13. The maximum Gasteiger partial charge on any atom is 0.364 e. The summed E-state index contributed by atoms with van der Waals surface area (Å²) < 4.78 is 6.34. The van der Waals surface area contributed by atoms with Crippen molar-refractivity contribution < 1.29 is 4.42 Å². The third kappa shape index (κ3) is 3.88. The second-order valence-electron chi connectivity index (χ2n) is 6.50. The molecule has 130 valence electrons. The largest absolute Gasteiger partial charge is 0.364 e. The van der Waals surface area contributed by atoms with Gasteiger partial charge in [0.05, 0.1) is 22.8 Å². The summed E-state index contributed by atoms with van der Waals surface area (Å²) in [6, 6.07) is 33.0. The van der Waals surface area contributed by atoms with Crippen LogP contribution in [0.1, 0.15) is 16.7 Å². The Kier molecular flexibility index (Phi) is 4.93. The molecule has 0 saturated heterocycles. The van der Waals surface area contributed by atoms with Crippen LogP contribution in [0.15, 0.2) is 101 Å². The van der Waals surface area contributed by atoms with Crippen molar-refractivity contribution in [3.8, 4) is 22.6 Å². The second kappa shape index (κ2) is 7.84. The molecule has 0 N–H and O–H groups in total. The van der Waals surface area contributed by atoms with E-state index in [1.54, 1.807) is 0 Å². The van der Waals surface area contributed by atoms with Crippen molar-refractivity contribution in [2.75, 3.05) is 0 Å². The van der Waals surface area contributed by atoms with Gasteiger partial charge in [-0.3, -0.25) is 0 Å². The van der Waals surface area contributed by atoms with E-state index in [-0.39, 0.29) is 0 Å². The molecule has 0 aliphatic carbocycles. The smallest absolute Gasteiger partial charge is 0.207 e. The zero-order valence-corrected chi connectivity index (χ0v) is 15.3. The number of hydrogen-bond donors (Lipinski definition) is 0. The van der Waals surface area contributed by atoms with E-state index in [4.69, 9.17) is 4.42 Å². The number of benzene rings is 3. The molecule has 1 heteroatoms. The van der Waals surface area contributed by atoms with Crippen LogP contribution in [0.5, 0.6) is 0 Å². The zero-order valence-electron chi connectivity index (χ0n) is 15.3. The van der Waals surface area contributed by atoms with E-state index < -0.39 is 0 Å². The molecule has 0 fully saturated rings. The first-order chi connectivity index (χ1) is 13.3. The average Bonchev–Trinajstić information content (AvgIpc) is 2.75. The highest BCUT2D eigenvalue weighted by Crippen LogP contribution is 2.32. The van der Waals surface area contributed by atoms with Gasteiger partial charge in [-0.15, -0.1) is 0 Å². The quantitative estimate of drug-likeness (QED) is 0.350. The van der Waals surface area contributed by atoms with Crippen LogP contribution in [0.4, 0.5) is 0 Å². The molecule has 0 bridgehead atoms.